The minimum Gasteiger partial charge on any atom is -0.507 e. The number of rotatable bonds is 10. The largest absolute Gasteiger partial charge is 0.507 e. The van der Waals surface area contributed by atoms with E-state index in [4.69, 9.17) is 21.1 Å². The van der Waals surface area contributed by atoms with Gasteiger partial charge < -0.3 is 19.5 Å². The lowest BCUT2D eigenvalue weighted by Gasteiger charge is -2.26. The van der Waals surface area contributed by atoms with Crippen molar-refractivity contribution in [2.45, 2.75) is 32.7 Å². The first-order valence-electron chi connectivity index (χ1n) is 12.4. The number of hydrogen-bond acceptors (Lipinski definition) is 5. The molecule has 3 aromatic rings. The molecule has 1 unspecified atom stereocenters. The predicted octanol–water partition coefficient (Wildman–Crippen LogP) is 6.19. The summed E-state index contributed by atoms with van der Waals surface area (Å²) in [6.45, 7) is 5.15. The minimum atomic E-state index is -0.793. The lowest BCUT2D eigenvalue weighted by atomic mass is 9.95. The molecule has 1 saturated heterocycles. The maximum Gasteiger partial charge on any atom is 0.295 e. The quantitative estimate of drug-likeness (QED) is 0.196. The minimum absolute atomic E-state index is 0.0325. The number of carbonyl (C=O) groups is 2. The second-order valence-corrected chi connectivity index (χ2v) is 9.16. The van der Waals surface area contributed by atoms with Crippen molar-refractivity contribution in [1.82, 2.24) is 4.90 Å². The zero-order valence-electron chi connectivity index (χ0n) is 20.9. The number of aliphatic hydroxyl groups excluding tert-OH is 1. The normalized spacial score (nSPS) is 16.7. The molecule has 0 bridgehead atoms. The van der Waals surface area contributed by atoms with Gasteiger partial charge in [-0.1, -0.05) is 54.9 Å². The van der Waals surface area contributed by atoms with Gasteiger partial charge in [0, 0.05) is 17.1 Å². The number of nitrogens with zero attached hydrogens (tertiary/aromatic N) is 1. The maximum atomic E-state index is 13.3. The average Bonchev–Trinajstić information content (AvgIpc) is 3.17. The second-order valence-electron chi connectivity index (χ2n) is 8.72. The monoisotopic (exact) mass is 519 g/mol. The fourth-order valence-corrected chi connectivity index (χ4v) is 4.53. The third-order valence-electron chi connectivity index (χ3n) is 6.19. The van der Waals surface area contributed by atoms with Crippen molar-refractivity contribution in [2.24, 2.45) is 0 Å². The fraction of sp³-hybridized carbons (Fsp3) is 0.267. The van der Waals surface area contributed by atoms with E-state index in [0.717, 1.165) is 12.0 Å². The van der Waals surface area contributed by atoms with Gasteiger partial charge >= 0.3 is 0 Å². The van der Waals surface area contributed by atoms with Crippen LogP contribution in [0, 0.1) is 0 Å². The summed E-state index contributed by atoms with van der Waals surface area (Å²) in [6, 6.07) is 20.9. The van der Waals surface area contributed by atoms with Crippen LogP contribution in [0.1, 0.15) is 43.0 Å². The van der Waals surface area contributed by atoms with Crippen molar-refractivity contribution in [1.29, 1.82) is 0 Å². The van der Waals surface area contributed by atoms with Crippen LogP contribution in [0.5, 0.6) is 11.5 Å². The standard InChI is InChI=1S/C30H30ClNO5/c1-3-18-37-24-15-12-22(19-25(24)36-4-2)27-26(28(33)21-10-13-23(31)14-11-21)29(34)30(35)32(27)17-16-20-8-6-5-7-9-20/h5-15,19,27,33H,3-4,16-18H2,1-2H3/b28-26+. The smallest absolute Gasteiger partial charge is 0.295 e. The van der Waals surface area contributed by atoms with Crippen LogP contribution >= 0.6 is 11.6 Å². The summed E-state index contributed by atoms with van der Waals surface area (Å²) in [5.41, 5.74) is 2.13. The molecule has 1 amide bonds. The summed E-state index contributed by atoms with van der Waals surface area (Å²) < 4.78 is 11.7. The lowest BCUT2D eigenvalue weighted by Crippen LogP contribution is -2.31. The van der Waals surface area contributed by atoms with Crippen molar-refractivity contribution >= 4 is 29.1 Å². The van der Waals surface area contributed by atoms with E-state index >= 15 is 0 Å². The molecular weight excluding hydrogens is 490 g/mol. The van der Waals surface area contributed by atoms with Gasteiger partial charge in [0.1, 0.15) is 5.76 Å². The van der Waals surface area contributed by atoms with Crippen molar-refractivity contribution in [3.05, 3.63) is 100 Å². The highest BCUT2D eigenvalue weighted by molar-refractivity contribution is 6.46. The molecule has 4 rings (SSSR count). The maximum absolute atomic E-state index is 13.3. The molecule has 1 heterocycles. The number of likely N-dealkylation sites (tertiary alicyclic amines) is 1. The highest BCUT2D eigenvalue weighted by atomic mass is 35.5. The van der Waals surface area contributed by atoms with Crippen LogP contribution in [-0.4, -0.2) is 41.5 Å². The van der Waals surface area contributed by atoms with E-state index in [-0.39, 0.29) is 11.3 Å². The molecule has 0 saturated carbocycles. The Morgan fingerprint density at radius 3 is 2.35 bits per heavy atom. The highest BCUT2D eigenvalue weighted by Gasteiger charge is 2.46. The molecule has 1 N–H and O–H groups in total. The van der Waals surface area contributed by atoms with E-state index in [1.165, 1.54) is 4.90 Å². The van der Waals surface area contributed by atoms with E-state index in [1.807, 2.05) is 50.2 Å². The van der Waals surface area contributed by atoms with Gasteiger partial charge in [0.05, 0.1) is 24.8 Å². The van der Waals surface area contributed by atoms with Crippen LogP contribution in [0.4, 0.5) is 0 Å². The van der Waals surface area contributed by atoms with Gasteiger partial charge in [0.2, 0.25) is 0 Å². The van der Waals surface area contributed by atoms with E-state index in [9.17, 15) is 14.7 Å². The summed E-state index contributed by atoms with van der Waals surface area (Å²) in [4.78, 5) is 28.1. The summed E-state index contributed by atoms with van der Waals surface area (Å²) in [7, 11) is 0. The zero-order valence-corrected chi connectivity index (χ0v) is 21.7. The van der Waals surface area contributed by atoms with Gasteiger partial charge in [0.25, 0.3) is 11.7 Å². The number of ketones is 1. The number of aliphatic hydroxyl groups is 1. The molecule has 192 valence electrons. The molecule has 1 aliphatic heterocycles. The molecule has 6 nitrogen and oxygen atoms in total. The Labute approximate surface area is 222 Å². The molecule has 0 radical (unpaired) electrons. The Kier molecular flexibility index (Phi) is 8.51. The van der Waals surface area contributed by atoms with E-state index in [2.05, 4.69) is 0 Å². The first kappa shape index (κ1) is 26.3. The Morgan fingerprint density at radius 2 is 1.68 bits per heavy atom. The highest BCUT2D eigenvalue weighted by Crippen LogP contribution is 2.42. The van der Waals surface area contributed by atoms with Crippen molar-refractivity contribution in [3.63, 3.8) is 0 Å². The van der Waals surface area contributed by atoms with Gasteiger partial charge in [0.15, 0.2) is 11.5 Å². The van der Waals surface area contributed by atoms with E-state index < -0.39 is 17.7 Å². The Morgan fingerprint density at radius 1 is 0.946 bits per heavy atom. The summed E-state index contributed by atoms with van der Waals surface area (Å²) in [5.74, 6) is -0.512. The number of carbonyl (C=O) groups excluding carboxylic acids is 2. The van der Waals surface area contributed by atoms with Crippen LogP contribution in [0.25, 0.3) is 5.76 Å². The number of halogens is 1. The van der Waals surface area contributed by atoms with Gasteiger partial charge in [-0.25, -0.2) is 0 Å². The third-order valence-corrected chi connectivity index (χ3v) is 6.44. The topological polar surface area (TPSA) is 76.1 Å². The first-order chi connectivity index (χ1) is 17.9. The van der Waals surface area contributed by atoms with Gasteiger partial charge in [-0.15, -0.1) is 0 Å². The van der Waals surface area contributed by atoms with E-state index in [1.54, 1.807) is 36.4 Å². The molecule has 1 atom stereocenters. The van der Waals surface area contributed by atoms with Gasteiger partial charge in [-0.2, -0.15) is 0 Å². The number of ether oxygens (including phenoxy) is 2. The van der Waals surface area contributed by atoms with Crippen LogP contribution in [-0.2, 0) is 16.0 Å². The average molecular weight is 520 g/mol. The number of amides is 1. The molecule has 0 aromatic heterocycles. The summed E-state index contributed by atoms with van der Waals surface area (Å²) >= 11 is 6.02. The number of Topliss-reactive ketones (excluding diaryl/α,β-unsaturated/α-hetero) is 1. The SMILES string of the molecule is CCCOc1ccc(C2/C(=C(\O)c3ccc(Cl)cc3)C(=O)C(=O)N2CCc2ccccc2)cc1OCC. The third kappa shape index (κ3) is 5.81. The summed E-state index contributed by atoms with van der Waals surface area (Å²) in [5, 5.41) is 11.8. The Bertz CT molecular complexity index is 1290. The van der Waals surface area contributed by atoms with Gasteiger partial charge in [-0.3, -0.25) is 9.59 Å². The van der Waals surface area contributed by atoms with Gasteiger partial charge in [-0.05, 0) is 67.3 Å². The zero-order chi connectivity index (χ0) is 26.4. The van der Waals surface area contributed by atoms with Crippen LogP contribution in [0.2, 0.25) is 5.02 Å². The Hall–Kier alpha value is -3.77. The molecule has 37 heavy (non-hydrogen) atoms. The number of benzene rings is 3. The van der Waals surface area contributed by atoms with Crippen LogP contribution in [0.15, 0.2) is 78.4 Å². The fourth-order valence-electron chi connectivity index (χ4n) is 4.41. The molecule has 3 aromatic carbocycles. The molecular formula is C30H30ClNO5. The first-order valence-corrected chi connectivity index (χ1v) is 12.8. The second kappa shape index (κ2) is 12.0. The summed E-state index contributed by atoms with van der Waals surface area (Å²) in [6.07, 6.45) is 1.40. The van der Waals surface area contributed by atoms with Crippen molar-refractivity contribution < 1.29 is 24.2 Å². The molecule has 7 heteroatoms. The molecule has 0 aliphatic carbocycles. The lowest BCUT2D eigenvalue weighted by molar-refractivity contribution is -0.139. The van der Waals surface area contributed by atoms with Crippen molar-refractivity contribution in [2.75, 3.05) is 19.8 Å². The van der Waals surface area contributed by atoms with Crippen molar-refractivity contribution in [3.8, 4) is 11.5 Å². The number of hydrogen-bond donors (Lipinski definition) is 1. The Balaban J connectivity index is 1.81. The van der Waals surface area contributed by atoms with Crippen LogP contribution in [0.3, 0.4) is 0 Å². The van der Waals surface area contributed by atoms with E-state index in [0.29, 0.717) is 53.8 Å². The predicted molar refractivity (Wildman–Crippen MR) is 144 cm³/mol. The van der Waals surface area contributed by atoms with Crippen LogP contribution < -0.4 is 9.47 Å². The molecule has 1 fully saturated rings. The molecule has 0 spiro atoms. The molecule has 1 aliphatic rings.